The van der Waals surface area contributed by atoms with Gasteiger partial charge in [0.2, 0.25) is 0 Å². The Kier molecular flexibility index (Phi) is 7.04. The van der Waals surface area contributed by atoms with E-state index in [1.807, 2.05) is 34.6 Å². The maximum absolute atomic E-state index is 12.3. The van der Waals surface area contributed by atoms with Gasteiger partial charge in [0.15, 0.2) is 0 Å². The first kappa shape index (κ1) is 19.9. The Balaban J connectivity index is 1.79. The Morgan fingerprint density at radius 1 is 1.32 bits per heavy atom. The van der Waals surface area contributed by atoms with Crippen LogP contribution in [0.1, 0.15) is 39.5 Å². The first-order valence-electron chi connectivity index (χ1n) is 8.58. The first-order chi connectivity index (χ1) is 11.8. The van der Waals surface area contributed by atoms with E-state index in [1.54, 1.807) is 27.6 Å². The number of hydrogen-bond donors (Lipinski definition) is 1. The van der Waals surface area contributed by atoms with Gasteiger partial charge in [-0.2, -0.15) is 0 Å². The van der Waals surface area contributed by atoms with Crippen molar-refractivity contribution in [1.82, 2.24) is 10.2 Å². The van der Waals surface area contributed by atoms with Gasteiger partial charge < -0.3 is 15.0 Å². The molecule has 138 valence electrons. The summed E-state index contributed by atoms with van der Waals surface area (Å²) in [5, 5.41) is 7.73. The van der Waals surface area contributed by atoms with Crippen molar-refractivity contribution in [3.05, 3.63) is 33.8 Å². The molecule has 0 unspecified atom stereocenters. The summed E-state index contributed by atoms with van der Waals surface area (Å²) in [6.07, 6.45) is -0.250. The van der Waals surface area contributed by atoms with Crippen molar-refractivity contribution in [2.75, 3.05) is 13.1 Å². The molecule has 1 amide bonds. The Morgan fingerprint density at radius 2 is 2.08 bits per heavy atom. The number of hydrogen-bond acceptors (Lipinski definition) is 5. The number of carbonyl (C=O) groups is 1. The molecule has 0 bridgehead atoms. The largest absolute Gasteiger partial charge is 0.444 e. The lowest BCUT2D eigenvalue weighted by Gasteiger charge is -2.30. The summed E-state index contributed by atoms with van der Waals surface area (Å²) in [6.45, 7) is 11.9. The zero-order valence-corrected chi connectivity index (χ0v) is 17.3. The number of carbonyl (C=O) groups excluding carboxylic acids is 1. The lowest BCUT2D eigenvalue weighted by molar-refractivity contribution is 0.0193. The SMILES string of the molecule is CC(C)N(CCNCc1cc(-c2cccs2)cs1)C(=O)OC(C)(C)C. The molecule has 4 nitrogen and oxygen atoms in total. The van der Waals surface area contributed by atoms with E-state index in [1.165, 1.54) is 15.3 Å². The third-order valence-corrected chi connectivity index (χ3v) is 5.40. The second-order valence-electron chi connectivity index (χ2n) is 7.22. The Labute approximate surface area is 158 Å². The molecular weight excluding hydrogens is 352 g/mol. The smallest absolute Gasteiger partial charge is 0.410 e. The van der Waals surface area contributed by atoms with Crippen LogP contribution in [0.3, 0.4) is 0 Å². The van der Waals surface area contributed by atoms with Crippen LogP contribution in [0, 0.1) is 0 Å². The number of nitrogens with zero attached hydrogens (tertiary/aromatic N) is 1. The predicted octanol–water partition coefficient (Wildman–Crippen LogP) is 5.21. The standard InChI is InChI=1S/C19H28N2O2S2/c1-14(2)21(18(22)23-19(3,4)5)9-8-20-12-16-11-15(13-25-16)17-7-6-10-24-17/h6-7,10-11,13-14,20H,8-9,12H2,1-5H3. The minimum absolute atomic E-state index is 0.115. The third kappa shape index (κ3) is 6.45. The van der Waals surface area contributed by atoms with Gasteiger partial charge in [-0.3, -0.25) is 0 Å². The van der Waals surface area contributed by atoms with Crippen LogP contribution in [0.25, 0.3) is 10.4 Å². The fraction of sp³-hybridized carbons (Fsp3) is 0.526. The van der Waals surface area contributed by atoms with Gasteiger partial charge >= 0.3 is 6.09 Å². The maximum atomic E-state index is 12.3. The lowest BCUT2D eigenvalue weighted by Crippen LogP contribution is -2.44. The summed E-state index contributed by atoms with van der Waals surface area (Å²) in [6, 6.07) is 6.57. The van der Waals surface area contributed by atoms with Gasteiger partial charge in [-0.1, -0.05) is 6.07 Å². The van der Waals surface area contributed by atoms with E-state index in [9.17, 15) is 4.79 Å². The van der Waals surface area contributed by atoms with Crippen molar-refractivity contribution >= 4 is 28.8 Å². The average Bonchev–Trinajstić information content (AvgIpc) is 3.15. The molecule has 25 heavy (non-hydrogen) atoms. The van der Waals surface area contributed by atoms with Crippen molar-refractivity contribution < 1.29 is 9.53 Å². The van der Waals surface area contributed by atoms with Crippen molar-refractivity contribution in [1.29, 1.82) is 0 Å². The average molecular weight is 381 g/mol. The van der Waals surface area contributed by atoms with Gasteiger partial charge in [0.05, 0.1) is 0 Å². The highest BCUT2D eigenvalue weighted by molar-refractivity contribution is 7.14. The molecule has 0 fully saturated rings. The molecule has 0 atom stereocenters. The molecule has 2 rings (SSSR count). The molecular formula is C19H28N2O2S2. The highest BCUT2D eigenvalue weighted by atomic mass is 32.1. The quantitative estimate of drug-likeness (QED) is 0.670. The van der Waals surface area contributed by atoms with E-state index < -0.39 is 5.60 Å². The number of thiophene rings is 2. The van der Waals surface area contributed by atoms with Crippen LogP contribution in [0.4, 0.5) is 4.79 Å². The van der Waals surface area contributed by atoms with E-state index in [-0.39, 0.29) is 12.1 Å². The number of ether oxygens (including phenoxy) is 1. The van der Waals surface area contributed by atoms with Crippen molar-refractivity contribution in [3.63, 3.8) is 0 Å². The van der Waals surface area contributed by atoms with Crippen LogP contribution in [-0.2, 0) is 11.3 Å². The van der Waals surface area contributed by atoms with Crippen molar-refractivity contribution in [2.24, 2.45) is 0 Å². The molecule has 0 saturated carbocycles. The normalized spacial score (nSPS) is 11.8. The molecule has 0 radical (unpaired) electrons. The summed E-state index contributed by atoms with van der Waals surface area (Å²) in [4.78, 5) is 16.7. The Morgan fingerprint density at radius 3 is 2.68 bits per heavy atom. The van der Waals surface area contributed by atoms with Gasteiger partial charge in [-0.15, -0.1) is 22.7 Å². The molecule has 2 heterocycles. The van der Waals surface area contributed by atoms with Gasteiger partial charge in [0, 0.05) is 41.0 Å². The summed E-state index contributed by atoms with van der Waals surface area (Å²) in [5.41, 5.74) is 0.821. The van der Waals surface area contributed by atoms with Crippen LogP contribution in [-0.4, -0.2) is 35.7 Å². The van der Waals surface area contributed by atoms with E-state index in [0.29, 0.717) is 6.54 Å². The number of nitrogens with one attached hydrogen (secondary N) is 1. The van der Waals surface area contributed by atoms with E-state index >= 15 is 0 Å². The van der Waals surface area contributed by atoms with Crippen LogP contribution in [0.15, 0.2) is 29.0 Å². The van der Waals surface area contributed by atoms with Crippen molar-refractivity contribution in [2.45, 2.75) is 52.8 Å². The zero-order chi connectivity index (χ0) is 18.4. The fourth-order valence-electron chi connectivity index (χ4n) is 2.34. The van der Waals surface area contributed by atoms with Crippen LogP contribution in [0.5, 0.6) is 0 Å². The molecule has 0 aliphatic carbocycles. The number of amides is 1. The molecule has 0 saturated heterocycles. The summed E-state index contributed by atoms with van der Waals surface area (Å²) in [5.74, 6) is 0. The maximum Gasteiger partial charge on any atom is 0.410 e. The summed E-state index contributed by atoms with van der Waals surface area (Å²) >= 11 is 3.53. The molecule has 6 heteroatoms. The third-order valence-electron chi connectivity index (χ3n) is 3.54. The minimum Gasteiger partial charge on any atom is -0.444 e. The van der Waals surface area contributed by atoms with Gasteiger partial charge in [0.1, 0.15) is 5.60 Å². The topological polar surface area (TPSA) is 41.6 Å². The lowest BCUT2D eigenvalue weighted by atomic mass is 10.2. The van der Waals surface area contributed by atoms with Crippen molar-refractivity contribution in [3.8, 4) is 10.4 Å². The summed E-state index contributed by atoms with van der Waals surface area (Å²) < 4.78 is 5.48. The molecule has 2 aromatic heterocycles. The Bertz CT molecular complexity index is 657. The van der Waals surface area contributed by atoms with E-state index in [0.717, 1.165) is 13.1 Å². The molecule has 0 aliphatic heterocycles. The fourth-order valence-corrected chi connectivity index (χ4v) is 3.98. The van der Waals surface area contributed by atoms with E-state index in [2.05, 4.69) is 34.3 Å². The predicted molar refractivity (Wildman–Crippen MR) is 107 cm³/mol. The molecule has 0 aromatic carbocycles. The highest BCUT2D eigenvalue weighted by Crippen LogP contribution is 2.29. The monoisotopic (exact) mass is 380 g/mol. The minimum atomic E-state index is -0.465. The molecule has 0 spiro atoms. The van der Waals surface area contributed by atoms with Crippen LogP contribution < -0.4 is 5.32 Å². The highest BCUT2D eigenvalue weighted by Gasteiger charge is 2.23. The van der Waals surface area contributed by atoms with E-state index in [4.69, 9.17) is 4.74 Å². The summed E-state index contributed by atoms with van der Waals surface area (Å²) in [7, 11) is 0. The van der Waals surface area contributed by atoms with Crippen LogP contribution >= 0.6 is 22.7 Å². The number of rotatable bonds is 7. The molecule has 2 aromatic rings. The Hall–Kier alpha value is -1.37. The van der Waals surface area contributed by atoms with Crippen LogP contribution in [0.2, 0.25) is 0 Å². The zero-order valence-electron chi connectivity index (χ0n) is 15.7. The molecule has 1 N–H and O–H groups in total. The van der Waals surface area contributed by atoms with Gasteiger partial charge in [0.25, 0.3) is 0 Å². The second-order valence-corrected chi connectivity index (χ2v) is 9.17. The van der Waals surface area contributed by atoms with Gasteiger partial charge in [-0.25, -0.2) is 4.79 Å². The molecule has 0 aliphatic rings. The second kappa shape index (κ2) is 8.83. The van der Waals surface area contributed by atoms with Gasteiger partial charge in [-0.05, 0) is 57.5 Å². The first-order valence-corrected chi connectivity index (χ1v) is 10.3.